The van der Waals surface area contributed by atoms with Crippen molar-refractivity contribution in [2.45, 2.75) is 6.92 Å². The van der Waals surface area contributed by atoms with Gasteiger partial charge in [0.15, 0.2) is 0 Å². The lowest BCUT2D eigenvalue weighted by atomic mass is 10.2. The van der Waals surface area contributed by atoms with E-state index in [1.54, 1.807) is 38.5 Å². The van der Waals surface area contributed by atoms with Crippen LogP contribution in [-0.2, 0) is 4.79 Å². The highest BCUT2D eigenvalue weighted by Gasteiger charge is 2.04. The van der Waals surface area contributed by atoms with Crippen LogP contribution in [0.15, 0.2) is 42.5 Å². The second-order valence-electron chi connectivity index (χ2n) is 4.95. The summed E-state index contributed by atoms with van der Waals surface area (Å²) in [4.78, 5) is 12.0. The molecule has 0 aliphatic rings. The van der Waals surface area contributed by atoms with E-state index in [1.807, 2.05) is 25.1 Å². The van der Waals surface area contributed by atoms with E-state index >= 15 is 0 Å². The van der Waals surface area contributed by atoms with Gasteiger partial charge in [-0.3, -0.25) is 4.79 Å². The normalized spacial score (nSPS) is 10.6. The van der Waals surface area contributed by atoms with Gasteiger partial charge in [-0.15, -0.1) is 0 Å². The number of benzene rings is 2. The van der Waals surface area contributed by atoms with Crippen molar-refractivity contribution in [3.63, 3.8) is 0 Å². The van der Waals surface area contributed by atoms with Crippen LogP contribution >= 0.6 is 11.6 Å². The summed E-state index contributed by atoms with van der Waals surface area (Å²) in [6.07, 6.45) is 3.12. The Labute approximate surface area is 140 Å². The number of ether oxygens (including phenoxy) is 2. The molecule has 0 spiro atoms. The zero-order chi connectivity index (χ0) is 16.8. The molecule has 120 valence electrons. The number of amides is 1. The number of hydrogen-bond donors (Lipinski definition) is 1. The standard InChI is InChI=1S/C18H18ClNO3/c1-12-4-6-17(16(19)8-12)20-18(21)7-5-13-9-14(22-2)11-15(10-13)23-3/h4-11H,1-3H3,(H,20,21)/b7-5+. The molecular weight excluding hydrogens is 314 g/mol. The van der Waals surface area contributed by atoms with Crippen LogP contribution in [0.25, 0.3) is 6.08 Å². The molecule has 4 nitrogen and oxygen atoms in total. The van der Waals surface area contributed by atoms with Crippen molar-refractivity contribution in [1.29, 1.82) is 0 Å². The first-order chi connectivity index (χ1) is 11.0. The summed E-state index contributed by atoms with van der Waals surface area (Å²) < 4.78 is 10.4. The zero-order valence-electron chi connectivity index (χ0n) is 13.2. The summed E-state index contributed by atoms with van der Waals surface area (Å²) in [5.74, 6) is 1.05. The van der Waals surface area contributed by atoms with E-state index < -0.39 is 0 Å². The largest absolute Gasteiger partial charge is 0.497 e. The molecule has 0 aromatic heterocycles. The summed E-state index contributed by atoms with van der Waals surface area (Å²) in [6, 6.07) is 10.9. The molecule has 0 saturated carbocycles. The third kappa shape index (κ3) is 4.76. The molecule has 2 aromatic rings. The zero-order valence-corrected chi connectivity index (χ0v) is 14.0. The Hall–Kier alpha value is -2.46. The molecule has 0 atom stereocenters. The lowest BCUT2D eigenvalue weighted by Gasteiger charge is -2.07. The molecule has 0 heterocycles. The van der Waals surface area contributed by atoms with Gasteiger partial charge < -0.3 is 14.8 Å². The SMILES string of the molecule is COc1cc(/C=C/C(=O)Nc2ccc(C)cc2Cl)cc(OC)c1. The Morgan fingerprint density at radius 2 is 1.74 bits per heavy atom. The molecule has 0 unspecified atom stereocenters. The van der Waals surface area contributed by atoms with Crippen LogP contribution in [0.3, 0.4) is 0 Å². The minimum Gasteiger partial charge on any atom is -0.497 e. The minimum absolute atomic E-state index is 0.266. The third-order valence-corrected chi connectivity index (χ3v) is 3.50. The fourth-order valence-corrected chi connectivity index (χ4v) is 2.28. The van der Waals surface area contributed by atoms with Gasteiger partial charge in [-0.05, 0) is 48.4 Å². The van der Waals surface area contributed by atoms with Crippen molar-refractivity contribution < 1.29 is 14.3 Å². The van der Waals surface area contributed by atoms with Crippen LogP contribution in [0.2, 0.25) is 5.02 Å². The molecule has 2 rings (SSSR count). The second kappa shape index (κ2) is 7.70. The molecule has 0 fully saturated rings. The first-order valence-corrected chi connectivity index (χ1v) is 7.38. The quantitative estimate of drug-likeness (QED) is 0.830. The van der Waals surface area contributed by atoms with Crippen LogP contribution in [0.4, 0.5) is 5.69 Å². The predicted octanol–water partition coefficient (Wildman–Crippen LogP) is 4.32. The van der Waals surface area contributed by atoms with Crippen molar-refractivity contribution in [3.05, 3.63) is 58.6 Å². The monoisotopic (exact) mass is 331 g/mol. The predicted molar refractivity (Wildman–Crippen MR) is 93.4 cm³/mol. The van der Waals surface area contributed by atoms with Crippen molar-refractivity contribution in [2.75, 3.05) is 19.5 Å². The molecular formula is C18H18ClNO3. The van der Waals surface area contributed by atoms with E-state index in [4.69, 9.17) is 21.1 Å². The first-order valence-electron chi connectivity index (χ1n) is 7.00. The molecule has 2 aromatic carbocycles. The number of hydrogen-bond acceptors (Lipinski definition) is 3. The van der Waals surface area contributed by atoms with Crippen molar-refractivity contribution in [2.24, 2.45) is 0 Å². The van der Waals surface area contributed by atoms with E-state index in [0.29, 0.717) is 22.2 Å². The van der Waals surface area contributed by atoms with Gasteiger partial charge in [0, 0.05) is 12.1 Å². The molecule has 1 N–H and O–H groups in total. The summed E-state index contributed by atoms with van der Waals surface area (Å²) in [6.45, 7) is 1.94. The Morgan fingerprint density at radius 3 is 2.30 bits per heavy atom. The van der Waals surface area contributed by atoms with Gasteiger partial charge in [-0.25, -0.2) is 0 Å². The maximum absolute atomic E-state index is 12.0. The Bertz CT molecular complexity index is 719. The van der Waals surface area contributed by atoms with Gasteiger partial charge in [-0.2, -0.15) is 0 Å². The molecule has 23 heavy (non-hydrogen) atoms. The molecule has 0 aliphatic heterocycles. The Balaban J connectivity index is 2.11. The van der Waals surface area contributed by atoms with Crippen molar-refractivity contribution in [3.8, 4) is 11.5 Å². The average Bonchev–Trinajstić information content (AvgIpc) is 2.55. The van der Waals surface area contributed by atoms with Crippen LogP contribution in [0.1, 0.15) is 11.1 Å². The third-order valence-electron chi connectivity index (χ3n) is 3.18. The number of aryl methyl sites for hydroxylation is 1. The maximum atomic E-state index is 12.0. The summed E-state index contributed by atoms with van der Waals surface area (Å²) in [5, 5.41) is 3.25. The number of carbonyl (C=O) groups is 1. The average molecular weight is 332 g/mol. The van der Waals surface area contributed by atoms with E-state index in [2.05, 4.69) is 5.32 Å². The molecule has 1 amide bonds. The van der Waals surface area contributed by atoms with Crippen LogP contribution in [0.5, 0.6) is 11.5 Å². The van der Waals surface area contributed by atoms with Crippen LogP contribution in [-0.4, -0.2) is 20.1 Å². The van der Waals surface area contributed by atoms with Gasteiger partial charge in [0.2, 0.25) is 5.91 Å². The van der Waals surface area contributed by atoms with Gasteiger partial charge in [0.25, 0.3) is 0 Å². The second-order valence-corrected chi connectivity index (χ2v) is 5.36. The molecule has 0 aliphatic carbocycles. The number of halogens is 1. The van der Waals surface area contributed by atoms with Crippen LogP contribution in [0, 0.1) is 6.92 Å². The molecule has 0 radical (unpaired) electrons. The van der Waals surface area contributed by atoms with Crippen molar-refractivity contribution >= 4 is 29.3 Å². The number of anilines is 1. The fraction of sp³-hybridized carbons (Fsp3) is 0.167. The fourth-order valence-electron chi connectivity index (χ4n) is 1.99. The van der Waals surface area contributed by atoms with Gasteiger partial charge in [-0.1, -0.05) is 17.7 Å². The molecule has 0 saturated heterocycles. The van der Waals surface area contributed by atoms with Crippen LogP contribution < -0.4 is 14.8 Å². The smallest absolute Gasteiger partial charge is 0.248 e. The molecule has 0 bridgehead atoms. The molecule has 5 heteroatoms. The number of carbonyl (C=O) groups excluding carboxylic acids is 1. The highest BCUT2D eigenvalue weighted by Crippen LogP contribution is 2.24. The van der Waals surface area contributed by atoms with Gasteiger partial charge in [0.05, 0.1) is 24.9 Å². The van der Waals surface area contributed by atoms with Gasteiger partial charge >= 0.3 is 0 Å². The highest BCUT2D eigenvalue weighted by atomic mass is 35.5. The van der Waals surface area contributed by atoms with E-state index in [9.17, 15) is 4.79 Å². The number of methoxy groups -OCH3 is 2. The lowest BCUT2D eigenvalue weighted by molar-refractivity contribution is -0.111. The van der Waals surface area contributed by atoms with Crippen molar-refractivity contribution in [1.82, 2.24) is 0 Å². The maximum Gasteiger partial charge on any atom is 0.248 e. The summed E-state index contributed by atoms with van der Waals surface area (Å²) in [7, 11) is 3.16. The first kappa shape index (κ1) is 16.9. The summed E-state index contributed by atoms with van der Waals surface area (Å²) in [5.41, 5.74) is 2.41. The lowest BCUT2D eigenvalue weighted by Crippen LogP contribution is -2.08. The topological polar surface area (TPSA) is 47.6 Å². The summed E-state index contributed by atoms with van der Waals surface area (Å²) >= 11 is 6.10. The van der Waals surface area contributed by atoms with E-state index in [1.165, 1.54) is 6.08 Å². The van der Waals surface area contributed by atoms with Gasteiger partial charge in [0.1, 0.15) is 11.5 Å². The highest BCUT2D eigenvalue weighted by molar-refractivity contribution is 6.33. The Morgan fingerprint density at radius 1 is 1.09 bits per heavy atom. The Kier molecular flexibility index (Phi) is 5.66. The van der Waals surface area contributed by atoms with E-state index in [-0.39, 0.29) is 5.91 Å². The minimum atomic E-state index is -0.266. The number of rotatable bonds is 5. The van der Waals surface area contributed by atoms with E-state index in [0.717, 1.165) is 11.1 Å². The number of nitrogens with one attached hydrogen (secondary N) is 1.